The third-order valence-corrected chi connectivity index (χ3v) is 11.9. The molecule has 8 aromatic carbocycles. The zero-order valence-corrected chi connectivity index (χ0v) is 35.3. The summed E-state index contributed by atoms with van der Waals surface area (Å²) >= 11 is 0. The van der Waals surface area contributed by atoms with Crippen LogP contribution in [0.2, 0.25) is 0 Å². The van der Waals surface area contributed by atoms with E-state index in [9.17, 15) is 9.59 Å². The fraction of sp³-hybridized carbons (Fsp3) is 0.123. The van der Waals surface area contributed by atoms with Crippen LogP contribution in [0.25, 0.3) is 33.4 Å². The van der Waals surface area contributed by atoms with Crippen molar-refractivity contribution in [3.63, 3.8) is 0 Å². The maximum Gasteiger partial charge on any atom is 0.265 e. The van der Waals surface area contributed by atoms with Crippen molar-refractivity contribution in [1.29, 1.82) is 0 Å². The average Bonchev–Trinajstić information content (AvgIpc) is 3.65. The van der Waals surface area contributed by atoms with E-state index < -0.39 is 17.6 Å². The van der Waals surface area contributed by atoms with Crippen molar-refractivity contribution in [2.75, 3.05) is 10.6 Å². The number of rotatable bonds is 14. The van der Waals surface area contributed by atoms with Crippen molar-refractivity contribution >= 4 is 23.2 Å². The minimum absolute atomic E-state index is 0.210. The summed E-state index contributed by atoms with van der Waals surface area (Å²) in [4.78, 5) is 27.3. The summed E-state index contributed by atoms with van der Waals surface area (Å²) in [6.07, 6.45) is -0.326. The Kier molecular flexibility index (Phi) is 11.7. The third-order valence-electron chi connectivity index (χ3n) is 11.9. The van der Waals surface area contributed by atoms with E-state index in [1.54, 1.807) is 0 Å². The van der Waals surface area contributed by atoms with E-state index in [-0.39, 0.29) is 11.8 Å². The first-order chi connectivity index (χ1) is 30.9. The summed E-state index contributed by atoms with van der Waals surface area (Å²) in [6, 6.07) is 69.4. The van der Waals surface area contributed by atoms with Crippen molar-refractivity contribution in [2.24, 2.45) is 0 Å². The fourth-order valence-electron chi connectivity index (χ4n) is 8.76. The highest BCUT2D eigenvalue weighted by Crippen LogP contribution is 2.56. The summed E-state index contributed by atoms with van der Waals surface area (Å²) in [7, 11) is 0. The fourth-order valence-corrected chi connectivity index (χ4v) is 8.76. The molecule has 2 amide bonds. The molecule has 0 aliphatic heterocycles. The van der Waals surface area contributed by atoms with Crippen molar-refractivity contribution in [2.45, 2.75) is 44.3 Å². The Hall–Kier alpha value is -7.70. The van der Waals surface area contributed by atoms with Crippen molar-refractivity contribution < 1.29 is 19.1 Å². The normalized spacial score (nSPS) is 13.2. The van der Waals surface area contributed by atoms with Gasteiger partial charge in [0.05, 0.1) is 5.41 Å². The maximum atomic E-state index is 13.6. The van der Waals surface area contributed by atoms with Gasteiger partial charge in [0.2, 0.25) is 0 Å². The standard InChI is InChI=1S/C57H48N2O4/c1-3-53(62-47-35-23-41(24-36-47)39-15-7-5-8-16-39)55(60)58-45-31-27-43(28-32-45)57(51-21-13-11-19-49(51)50-20-12-14-22-52(50)57)44-29-33-46(34-30-44)59-56(61)54(4-2)63-48-37-25-42(26-38-48)40-17-9-6-10-18-40/h5-38,53-54H,3-4H2,1-2H3,(H,58,60)(H,59,61). The molecule has 2 unspecified atom stereocenters. The van der Waals surface area contributed by atoms with E-state index in [2.05, 4.69) is 108 Å². The average molecular weight is 825 g/mol. The quantitative estimate of drug-likeness (QED) is 0.114. The Morgan fingerprint density at radius 1 is 0.413 bits per heavy atom. The van der Waals surface area contributed by atoms with Gasteiger partial charge < -0.3 is 20.1 Å². The second-order valence-electron chi connectivity index (χ2n) is 15.8. The largest absolute Gasteiger partial charge is 0.481 e. The number of anilines is 2. The van der Waals surface area contributed by atoms with Crippen LogP contribution in [0, 0.1) is 0 Å². The number of fused-ring (bicyclic) bond motifs is 3. The van der Waals surface area contributed by atoms with Crippen LogP contribution >= 0.6 is 0 Å². The zero-order valence-electron chi connectivity index (χ0n) is 35.3. The molecule has 0 aromatic heterocycles. The molecule has 310 valence electrons. The van der Waals surface area contributed by atoms with Crippen LogP contribution in [0.15, 0.2) is 206 Å². The molecule has 6 heteroatoms. The highest BCUT2D eigenvalue weighted by molar-refractivity contribution is 5.95. The van der Waals surface area contributed by atoms with Gasteiger partial charge in [0.25, 0.3) is 11.8 Å². The minimum Gasteiger partial charge on any atom is -0.481 e. The second-order valence-corrected chi connectivity index (χ2v) is 15.8. The Bertz CT molecular complexity index is 2620. The van der Waals surface area contributed by atoms with Crippen LogP contribution in [0.1, 0.15) is 48.9 Å². The first-order valence-corrected chi connectivity index (χ1v) is 21.6. The maximum absolute atomic E-state index is 13.6. The monoisotopic (exact) mass is 824 g/mol. The second kappa shape index (κ2) is 18.1. The van der Waals surface area contributed by atoms with Gasteiger partial charge in [0, 0.05) is 11.4 Å². The van der Waals surface area contributed by atoms with Crippen LogP contribution in [0.5, 0.6) is 11.5 Å². The molecule has 2 N–H and O–H groups in total. The van der Waals surface area contributed by atoms with Crippen molar-refractivity contribution in [3.05, 3.63) is 229 Å². The summed E-state index contributed by atoms with van der Waals surface area (Å²) in [6.45, 7) is 3.90. The van der Waals surface area contributed by atoms with Gasteiger partial charge >= 0.3 is 0 Å². The molecule has 1 aliphatic rings. The number of nitrogens with one attached hydrogen (secondary N) is 2. The zero-order chi connectivity index (χ0) is 43.2. The Morgan fingerprint density at radius 2 is 0.746 bits per heavy atom. The summed E-state index contributed by atoms with van der Waals surface area (Å²) < 4.78 is 12.4. The summed E-state index contributed by atoms with van der Waals surface area (Å²) in [5.74, 6) is 0.860. The van der Waals surface area contributed by atoms with Gasteiger partial charge in [-0.1, -0.05) is 172 Å². The smallest absolute Gasteiger partial charge is 0.265 e. The first kappa shape index (κ1) is 40.7. The Morgan fingerprint density at radius 3 is 1.11 bits per heavy atom. The molecule has 6 nitrogen and oxygen atoms in total. The number of ether oxygens (including phenoxy) is 2. The molecule has 0 saturated heterocycles. The minimum atomic E-state index is -0.670. The molecular weight excluding hydrogens is 777 g/mol. The van der Waals surface area contributed by atoms with Gasteiger partial charge in [0.15, 0.2) is 12.2 Å². The van der Waals surface area contributed by atoms with Crippen LogP contribution in [0.4, 0.5) is 11.4 Å². The molecule has 2 atom stereocenters. The van der Waals surface area contributed by atoms with E-state index in [0.717, 1.165) is 44.5 Å². The topological polar surface area (TPSA) is 76.7 Å². The lowest BCUT2D eigenvalue weighted by Gasteiger charge is -2.34. The molecule has 0 fully saturated rings. The van der Waals surface area contributed by atoms with E-state index >= 15 is 0 Å². The van der Waals surface area contributed by atoms with Gasteiger partial charge in [-0.25, -0.2) is 0 Å². The van der Waals surface area contributed by atoms with Crippen molar-refractivity contribution in [3.8, 4) is 44.9 Å². The molecule has 0 radical (unpaired) electrons. The van der Waals surface area contributed by atoms with Crippen LogP contribution in [-0.4, -0.2) is 24.0 Å². The van der Waals surface area contributed by atoms with Gasteiger partial charge in [-0.3, -0.25) is 9.59 Å². The SMILES string of the molecule is CCC(Oc1ccc(-c2ccccc2)cc1)C(=O)Nc1ccc(C2(c3ccc(NC(=O)C(CC)Oc4ccc(-c5ccccc5)cc4)cc3)c3ccccc3-c3ccccc32)cc1. The number of amides is 2. The van der Waals surface area contributed by atoms with Crippen LogP contribution in [-0.2, 0) is 15.0 Å². The van der Waals surface area contributed by atoms with E-state index in [1.807, 2.05) is 123 Å². The van der Waals surface area contributed by atoms with E-state index in [0.29, 0.717) is 35.7 Å². The molecular formula is C57H48N2O4. The molecule has 9 rings (SSSR count). The summed E-state index contributed by atoms with van der Waals surface area (Å²) in [5.41, 5.74) is 11.9. The number of carbonyl (C=O) groups excluding carboxylic acids is 2. The predicted octanol–water partition coefficient (Wildman–Crippen LogP) is 13.0. The number of carbonyl (C=O) groups is 2. The molecule has 0 saturated carbocycles. The Balaban J connectivity index is 0.946. The number of benzene rings is 8. The van der Waals surface area contributed by atoms with Crippen LogP contribution in [0.3, 0.4) is 0 Å². The molecule has 63 heavy (non-hydrogen) atoms. The third kappa shape index (κ3) is 8.23. The molecule has 1 aliphatic carbocycles. The predicted molar refractivity (Wildman–Crippen MR) is 254 cm³/mol. The Labute approximate surface area is 369 Å². The lowest BCUT2D eigenvalue weighted by Crippen LogP contribution is -2.32. The highest BCUT2D eigenvalue weighted by atomic mass is 16.5. The van der Waals surface area contributed by atoms with Crippen molar-refractivity contribution in [1.82, 2.24) is 0 Å². The van der Waals surface area contributed by atoms with Gasteiger partial charge in [-0.15, -0.1) is 0 Å². The van der Waals surface area contributed by atoms with Gasteiger partial charge in [-0.2, -0.15) is 0 Å². The lowest BCUT2D eigenvalue weighted by molar-refractivity contribution is -0.123. The first-order valence-electron chi connectivity index (χ1n) is 21.6. The highest BCUT2D eigenvalue weighted by Gasteiger charge is 2.46. The number of hydrogen-bond donors (Lipinski definition) is 2. The van der Waals surface area contributed by atoms with Gasteiger partial charge in [-0.05, 0) is 117 Å². The molecule has 0 spiro atoms. The molecule has 0 heterocycles. The van der Waals surface area contributed by atoms with E-state index in [4.69, 9.17) is 9.47 Å². The lowest BCUT2D eigenvalue weighted by atomic mass is 9.67. The van der Waals surface area contributed by atoms with E-state index in [1.165, 1.54) is 11.1 Å². The van der Waals surface area contributed by atoms with Crippen LogP contribution < -0.4 is 20.1 Å². The molecule has 0 bridgehead atoms. The van der Waals surface area contributed by atoms with Gasteiger partial charge in [0.1, 0.15) is 11.5 Å². The number of hydrogen-bond acceptors (Lipinski definition) is 4. The molecule has 8 aromatic rings. The summed E-state index contributed by atoms with van der Waals surface area (Å²) in [5, 5.41) is 6.22.